The zero-order valence-electron chi connectivity index (χ0n) is 18.2. The first-order chi connectivity index (χ1) is 14.8. The minimum Gasteiger partial charge on any atom is -0.491 e. The van der Waals surface area contributed by atoms with Crippen LogP contribution in [0.4, 0.5) is 0 Å². The summed E-state index contributed by atoms with van der Waals surface area (Å²) in [4.78, 5) is 11.5. The van der Waals surface area contributed by atoms with Crippen LogP contribution in [-0.2, 0) is 9.53 Å². The molecule has 1 aliphatic heterocycles. The van der Waals surface area contributed by atoms with Crippen molar-refractivity contribution in [2.24, 2.45) is 5.92 Å². The molecule has 1 fully saturated rings. The average molecular weight is 452 g/mol. The minimum absolute atomic E-state index is 0.00904. The number of aliphatic hydroxyl groups is 2. The van der Waals surface area contributed by atoms with Crippen LogP contribution in [0.2, 0.25) is 5.02 Å². The summed E-state index contributed by atoms with van der Waals surface area (Å²) in [5.41, 5.74) is 0. The Kier molecular flexibility index (Phi) is 11.1. The van der Waals surface area contributed by atoms with Crippen LogP contribution in [0.5, 0.6) is 5.75 Å². The number of aliphatic hydroxyl groups excluding tert-OH is 2. The van der Waals surface area contributed by atoms with Crippen molar-refractivity contribution < 1.29 is 24.5 Å². The van der Waals surface area contributed by atoms with Crippen LogP contribution in [0.15, 0.2) is 48.6 Å². The molecule has 31 heavy (non-hydrogen) atoms. The highest BCUT2D eigenvalue weighted by molar-refractivity contribution is 6.30. The topological polar surface area (TPSA) is 88.0 Å². The first-order valence-corrected chi connectivity index (χ1v) is 11.2. The second kappa shape index (κ2) is 13.5. The van der Waals surface area contributed by atoms with Crippen molar-refractivity contribution in [1.29, 1.82) is 0 Å². The number of ether oxygens (including phenoxy) is 2. The van der Waals surface area contributed by atoms with Gasteiger partial charge in [-0.05, 0) is 51.3 Å². The van der Waals surface area contributed by atoms with E-state index in [4.69, 9.17) is 21.1 Å². The van der Waals surface area contributed by atoms with E-state index < -0.39 is 12.2 Å². The summed E-state index contributed by atoms with van der Waals surface area (Å²) in [6.07, 6.45) is 9.01. The Morgan fingerprint density at radius 2 is 2.10 bits per heavy atom. The van der Waals surface area contributed by atoms with E-state index in [0.717, 1.165) is 12.8 Å². The largest absolute Gasteiger partial charge is 0.491 e. The molecule has 0 aliphatic carbocycles. The third kappa shape index (κ3) is 9.87. The summed E-state index contributed by atoms with van der Waals surface area (Å²) in [5.74, 6) is 0.488. The van der Waals surface area contributed by atoms with Gasteiger partial charge in [-0.25, -0.2) is 0 Å². The summed E-state index contributed by atoms with van der Waals surface area (Å²) in [7, 11) is 0. The van der Waals surface area contributed by atoms with E-state index in [1.54, 1.807) is 30.3 Å². The maximum atomic E-state index is 11.5. The average Bonchev–Trinajstić information content (AvgIpc) is 3.06. The Labute approximate surface area is 189 Å². The molecule has 4 atom stereocenters. The Hall–Kier alpha value is -1.86. The Morgan fingerprint density at radius 3 is 2.84 bits per heavy atom. The lowest BCUT2D eigenvalue weighted by Gasteiger charge is -2.18. The van der Waals surface area contributed by atoms with Crippen molar-refractivity contribution in [3.8, 4) is 5.75 Å². The minimum atomic E-state index is -0.760. The smallest absolute Gasteiger partial charge is 0.306 e. The fourth-order valence-electron chi connectivity index (χ4n) is 3.47. The summed E-state index contributed by atoms with van der Waals surface area (Å²) in [6.45, 7) is 4.33. The predicted octanol–water partition coefficient (Wildman–Crippen LogP) is 3.65. The quantitative estimate of drug-likeness (QED) is 0.332. The predicted molar refractivity (Wildman–Crippen MR) is 122 cm³/mol. The molecule has 1 heterocycles. The van der Waals surface area contributed by atoms with Crippen LogP contribution in [-0.4, -0.2) is 53.7 Å². The van der Waals surface area contributed by atoms with Crippen LogP contribution in [0.25, 0.3) is 0 Å². The molecule has 0 bridgehead atoms. The number of carbonyl (C=O) groups is 1. The van der Waals surface area contributed by atoms with Crippen molar-refractivity contribution in [3.05, 3.63) is 53.6 Å². The van der Waals surface area contributed by atoms with Crippen LogP contribution >= 0.6 is 11.6 Å². The van der Waals surface area contributed by atoms with Gasteiger partial charge in [-0.3, -0.25) is 4.79 Å². The first kappa shape index (κ1) is 25.4. The zero-order valence-corrected chi connectivity index (χ0v) is 19.0. The molecule has 6 nitrogen and oxygen atoms in total. The molecule has 1 saturated heterocycles. The lowest BCUT2D eigenvalue weighted by molar-refractivity contribution is -0.147. The van der Waals surface area contributed by atoms with Crippen molar-refractivity contribution >= 4 is 17.6 Å². The van der Waals surface area contributed by atoms with Gasteiger partial charge in [0.15, 0.2) is 0 Å². The molecule has 1 aromatic rings. The van der Waals surface area contributed by atoms with Gasteiger partial charge in [-0.2, -0.15) is 0 Å². The summed E-state index contributed by atoms with van der Waals surface area (Å²) in [6, 6.07) is 7.03. The SMILES string of the molecule is CC(C)OC(=O)CC/C=C/CC[C@H]1[C@@H](O)CN[C@@H]1/C=C/[C@@H](O)COc1cccc(Cl)c1. The number of hydrogen-bond acceptors (Lipinski definition) is 6. The molecule has 172 valence electrons. The zero-order chi connectivity index (χ0) is 22.6. The molecule has 0 unspecified atom stereocenters. The van der Waals surface area contributed by atoms with Crippen LogP contribution in [0.1, 0.15) is 39.5 Å². The Morgan fingerprint density at radius 1 is 1.32 bits per heavy atom. The van der Waals surface area contributed by atoms with Gasteiger partial charge in [0.2, 0.25) is 0 Å². The second-order valence-corrected chi connectivity index (χ2v) is 8.45. The van der Waals surface area contributed by atoms with Gasteiger partial charge in [0, 0.05) is 29.9 Å². The van der Waals surface area contributed by atoms with E-state index in [1.807, 2.05) is 32.1 Å². The van der Waals surface area contributed by atoms with Crippen LogP contribution in [0.3, 0.4) is 0 Å². The lowest BCUT2D eigenvalue weighted by atomic mass is 9.92. The number of rotatable bonds is 12. The Bertz CT molecular complexity index is 736. The van der Waals surface area contributed by atoms with E-state index in [0.29, 0.717) is 30.2 Å². The molecule has 1 aromatic carbocycles. The molecule has 2 rings (SSSR count). The third-order valence-electron chi connectivity index (χ3n) is 4.99. The molecule has 0 spiro atoms. The fourth-order valence-corrected chi connectivity index (χ4v) is 3.65. The van der Waals surface area contributed by atoms with Crippen molar-refractivity contribution in [3.63, 3.8) is 0 Å². The van der Waals surface area contributed by atoms with Gasteiger partial charge < -0.3 is 25.0 Å². The van der Waals surface area contributed by atoms with Gasteiger partial charge in [-0.15, -0.1) is 0 Å². The molecule has 0 saturated carbocycles. The van der Waals surface area contributed by atoms with Gasteiger partial charge in [0.1, 0.15) is 18.5 Å². The summed E-state index contributed by atoms with van der Waals surface area (Å²) in [5, 5.41) is 24.3. The number of carbonyl (C=O) groups excluding carboxylic acids is 1. The van der Waals surface area contributed by atoms with Gasteiger partial charge >= 0.3 is 5.97 Å². The molecule has 3 N–H and O–H groups in total. The number of allylic oxidation sites excluding steroid dienone is 2. The molecule has 0 amide bonds. The number of halogens is 1. The number of nitrogens with one attached hydrogen (secondary N) is 1. The summed E-state index contributed by atoms with van der Waals surface area (Å²) >= 11 is 5.92. The maximum absolute atomic E-state index is 11.5. The van der Waals surface area contributed by atoms with Crippen LogP contribution < -0.4 is 10.1 Å². The highest BCUT2D eigenvalue weighted by atomic mass is 35.5. The normalized spacial score (nSPS) is 22.5. The van der Waals surface area contributed by atoms with Gasteiger partial charge in [0.05, 0.1) is 12.2 Å². The van der Waals surface area contributed by atoms with Crippen molar-refractivity contribution in [2.75, 3.05) is 13.2 Å². The first-order valence-electron chi connectivity index (χ1n) is 10.9. The molecular formula is C24H34ClNO5. The molecular weight excluding hydrogens is 418 g/mol. The second-order valence-electron chi connectivity index (χ2n) is 8.01. The van der Waals surface area contributed by atoms with E-state index >= 15 is 0 Å². The van der Waals surface area contributed by atoms with E-state index in [-0.39, 0.29) is 30.6 Å². The lowest BCUT2D eigenvalue weighted by Crippen LogP contribution is -2.27. The molecule has 0 radical (unpaired) electrons. The standard InChI is InChI=1S/C24H34ClNO5/c1-17(2)31-24(29)11-6-4-3-5-10-21-22(26-15-23(21)28)13-12-19(27)16-30-20-9-7-8-18(25)14-20/h3-4,7-9,12-14,17,19,21-23,26-28H,5-6,10-11,15-16H2,1-2H3/b4-3+,13-12+/t19-,21-,22-,23+/m1/s1. The number of hydrogen-bond donors (Lipinski definition) is 3. The number of benzene rings is 1. The fraction of sp³-hybridized carbons (Fsp3) is 0.542. The monoisotopic (exact) mass is 451 g/mol. The van der Waals surface area contributed by atoms with Crippen molar-refractivity contribution in [1.82, 2.24) is 5.32 Å². The highest BCUT2D eigenvalue weighted by Crippen LogP contribution is 2.23. The Balaban J connectivity index is 1.71. The van der Waals surface area contributed by atoms with E-state index in [1.165, 1.54) is 0 Å². The maximum Gasteiger partial charge on any atom is 0.306 e. The van der Waals surface area contributed by atoms with Crippen molar-refractivity contribution in [2.45, 2.75) is 63.9 Å². The number of β-amino-alcohol motifs (C(OH)–C–C–N with tert-alkyl or cyclic N) is 1. The highest BCUT2D eigenvalue weighted by Gasteiger charge is 2.32. The third-order valence-corrected chi connectivity index (χ3v) is 5.23. The molecule has 1 aliphatic rings. The van der Waals surface area contributed by atoms with E-state index in [2.05, 4.69) is 5.32 Å². The summed E-state index contributed by atoms with van der Waals surface area (Å²) < 4.78 is 10.7. The molecule has 0 aromatic heterocycles. The van der Waals surface area contributed by atoms with E-state index in [9.17, 15) is 15.0 Å². The molecule has 7 heteroatoms. The van der Waals surface area contributed by atoms with Gasteiger partial charge in [0.25, 0.3) is 0 Å². The number of esters is 1. The van der Waals surface area contributed by atoms with Crippen LogP contribution in [0, 0.1) is 5.92 Å². The van der Waals surface area contributed by atoms with Gasteiger partial charge in [-0.1, -0.05) is 42.0 Å².